The van der Waals surface area contributed by atoms with E-state index in [2.05, 4.69) is 15.1 Å². The molecule has 0 aliphatic heterocycles. The number of para-hydroxylation sites is 1. The lowest BCUT2D eigenvalue weighted by atomic mass is 9.82. The van der Waals surface area contributed by atoms with Gasteiger partial charge in [0, 0.05) is 16.9 Å². The molecule has 4 N–H and O–H groups in total. The van der Waals surface area contributed by atoms with E-state index in [1.165, 1.54) is 18.5 Å². The Balaban J connectivity index is 1.47. The number of carboxylic acids is 1. The van der Waals surface area contributed by atoms with Crippen LogP contribution in [0.3, 0.4) is 0 Å². The van der Waals surface area contributed by atoms with Gasteiger partial charge in [-0.15, -0.1) is 0 Å². The third kappa shape index (κ3) is 3.60. The molecule has 1 aliphatic rings. The fourth-order valence-electron chi connectivity index (χ4n) is 5.18. The van der Waals surface area contributed by atoms with Crippen LogP contribution in [0.4, 0.5) is 10.2 Å². The van der Waals surface area contributed by atoms with Gasteiger partial charge in [0.1, 0.15) is 29.2 Å². The number of nitrogens with zero attached hydrogens (tertiary/aromatic N) is 4. The Labute approximate surface area is 199 Å². The second-order valence-corrected chi connectivity index (χ2v) is 9.07. The summed E-state index contributed by atoms with van der Waals surface area (Å²) < 4.78 is 15.2. The maximum atomic E-state index is 13.5. The van der Waals surface area contributed by atoms with Crippen LogP contribution in [0.25, 0.3) is 38.9 Å². The summed E-state index contributed by atoms with van der Waals surface area (Å²) in [5, 5.41) is 14.8. The lowest BCUT2D eigenvalue weighted by molar-refractivity contribution is -0.142. The molecule has 1 fully saturated rings. The normalized spacial score (nSPS) is 18.3. The van der Waals surface area contributed by atoms with Gasteiger partial charge >= 0.3 is 5.97 Å². The molecule has 9 heteroatoms. The highest BCUT2D eigenvalue weighted by atomic mass is 19.1. The molecule has 2 aromatic carbocycles. The van der Waals surface area contributed by atoms with Crippen molar-refractivity contribution in [3.8, 4) is 22.5 Å². The molecule has 35 heavy (non-hydrogen) atoms. The maximum absolute atomic E-state index is 13.5. The first-order chi connectivity index (χ1) is 17.0. The maximum Gasteiger partial charge on any atom is 0.306 e. The summed E-state index contributed by atoms with van der Waals surface area (Å²) in [4.78, 5) is 24.1. The highest BCUT2D eigenvalue weighted by Crippen LogP contribution is 2.39. The van der Waals surface area contributed by atoms with Crippen LogP contribution in [-0.2, 0) is 4.79 Å². The highest BCUT2D eigenvalue weighted by Gasteiger charge is 2.31. The summed E-state index contributed by atoms with van der Waals surface area (Å²) in [6.07, 6.45) is 4.08. The number of carboxylic acid groups (broad SMARTS) is 1. The van der Waals surface area contributed by atoms with E-state index in [0.29, 0.717) is 29.9 Å². The largest absolute Gasteiger partial charge is 0.481 e. The number of fused-ring (bicyclic) bond motifs is 2. The second kappa shape index (κ2) is 8.19. The topological polar surface area (TPSA) is 122 Å². The van der Waals surface area contributed by atoms with Crippen molar-refractivity contribution in [1.29, 1.82) is 0 Å². The minimum atomic E-state index is -0.737. The molecule has 6 rings (SSSR count). The molecule has 0 amide bonds. The number of anilines is 1. The van der Waals surface area contributed by atoms with Gasteiger partial charge in [-0.2, -0.15) is 5.10 Å². The van der Waals surface area contributed by atoms with E-state index in [1.807, 2.05) is 24.3 Å². The van der Waals surface area contributed by atoms with E-state index in [1.54, 1.807) is 16.6 Å². The second-order valence-electron chi connectivity index (χ2n) is 9.07. The number of H-pyrrole nitrogens is 1. The van der Waals surface area contributed by atoms with Crippen LogP contribution in [0, 0.1) is 11.7 Å². The van der Waals surface area contributed by atoms with Crippen LogP contribution in [0.15, 0.2) is 54.9 Å². The molecule has 0 atom stereocenters. The number of nitrogens with two attached hydrogens (primary N) is 1. The number of imidazole rings is 1. The number of hydrogen-bond acceptors (Lipinski definition) is 5. The van der Waals surface area contributed by atoms with Crippen molar-refractivity contribution in [2.24, 2.45) is 5.92 Å². The smallest absolute Gasteiger partial charge is 0.306 e. The van der Waals surface area contributed by atoms with Crippen molar-refractivity contribution < 1.29 is 14.3 Å². The van der Waals surface area contributed by atoms with Gasteiger partial charge in [-0.25, -0.2) is 18.9 Å². The Morgan fingerprint density at radius 1 is 1.11 bits per heavy atom. The summed E-state index contributed by atoms with van der Waals surface area (Å²) in [5.41, 5.74) is 11.1. The van der Waals surface area contributed by atoms with Crippen molar-refractivity contribution in [2.75, 3.05) is 5.73 Å². The zero-order valence-electron chi connectivity index (χ0n) is 18.8. The first kappa shape index (κ1) is 21.3. The minimum absolute atomic E-state index is 0.0836. The molecule has 1 saturated carbocycles. The third-order valence-electron chi connectivity index (χ3n) is 6.99. The molecule has 1 aliphatic carbocycles. The molecule has 0 unspecified atom stereocenters. The minimum Gasteiger partial charge on any atom is -0.481 e. The molecular weight excluding hydrogens is 447 g/mol. The molecule has 0 bridgehead atoms. The lowest BCUT2D eigenvalue weighted by Crippen LogP contribution is -2.21. The number of aromatic amines is 1. The lowest BCUT2D eigenvalue weighted by Gasteiger charge is -2.24. The molecule has 0 spiro atoms. The van der Waals surface area contributed by atoms with Crippen LogP contribution in [0.5, 0.6) is 0 Å². The highest BCUT2D eigenvalue weighted by molar-refractivity contribution is 5.98. The summed E-state index contributed by atoms with van der Waals surface area (Å²) in [6, 6.07) is 14.4. The number of halogens is 1. The number of hydrogen-bond donors (Lipinski definition) is 3. The average Bonchev–Trinajstić information content (AvgIpc) is 3.47. The van der Waals surface area contributed by atoms with Gasteiger partial charge in [-0.3, -0.25) is 4.79 Å². The van der Waals surface area contributed by atoms with E-state index < -0.39 is 5.97 Å². The summed E-state index contributed by atoms with van der Waals surface area (Å²) in [6.45, 7) is 0. The van der Waals surface area contributed by atoms with E-state index in [4.69, 9.17) is 10.7 Å². The van der Waals surface area contributed by atoms with Crippen molar-refractivity contribution in [1.82, 2.24) is 24.6 Å². The number of nitrogens with one attached hydrogen (secondary N) is 1. The Bertz CT molecular complexity index is 1560. The Hall–Kier alpha value is -4.27. The Morgan fingerprint density at radius 3 is 2.63 bits per heavy atom. The quantitative estimate of drug-likeness (QED) is 0.339. The van der Waals surface area contributed by atoms with Crippen LogP contribution in [0.1, 0.15) is 37.4 Å². The van der Waals surface area contributed by atoms with Crippen LogP contribution < -0.4 is 5.73 Å². The molecule has 5 aromatic rings. The van der Waals surface area contributed by atoms with Gasteiger partial charge in [0.15, 0.2) is 5.82 Å². The van der Waals surface area contributed by atoms with E-state index in [9.17, 15) is 14.3 Å². The van der Waals surface area contributed by atoms with Gasteiger partial charge in [0.05, 0.1) is 17.1 Å². The van der Waals surface area contributed by atoms with Crippen LogP contribution in [-0.4, -0.2) is 35.6 Å². The molecule has 8 nitrogen and oxygen atoms in total. The summed E-state index contributed by atoms with van der Waals surface area (Å²) in [5.74, 6) is -0.150. The molecular formula is C26H23FN6O2. The van der Waals surface area contributed by atoms with Gasteiger partial charge in [0.2, 0.25) is 0 Å². The predicted octanol–water partition coefficient (Wildman–Crippen LogP) is 5.02. The third-order valence-corrected chi connectivity index (χ3v) is 6.99. The fraction of sp³-hybridized carbons (Fsp3) is 0.231. The van der Waals surface area contributed by atoms with Crippen molar-refractivity contribution in [2.45, 2.75) is 31.6 Å². The number of benzene rings is 2. The zero-order chi connectivity index (χ0) is 24.1. The van der Waals surface area contributed by atoms with Gasteiger partial charge < -0.3 is 15.8 Å². The predicted molar refractivity (Wildman–Crippen MR) is 130 cm³/mol. The van der Waals surface area contributed by atoms with Crippen LogP contribution >= 0.6 is 0 Å². The number of aliphatic carboxylic acids is 1. The first-order valence-electron chi connectivity index (χ1n) is 11.6. The number of rotatable bonds is 4. The molecule has 0 saturated heterocycles. The zero-order valence-corrected chi connectivity index (χ0v) is 18.8. The number of aromatic nitrogens is 5. The van der Waals surface area contributed by atoms with E-state index in [-0.39, 0.29) is 17.7 Å². The van der Waals surface area contributed by atoms with Gasteiger partial charge in [0.25, 0.3) is 0 Å². The molecule has 0 radical (unpaired) electrons. The summed E-state index contributed by atoms with van der Waals surface area (Å²) >= 11 is 0. The summed E-state index contributed by atoms with van der Waals surface area (Å²) in [7, 11) is 0. The fourth-order valence-corrected chi connectivity index (χ4v) is 5.18. The number of carbonyl (C=O) groups is 1. The first-order valence-corrected chi connectivity index (χ1v) is 11.6. The SMILES string of the molecule is Nc1ncnn2c(C3CCC(C(=O)O)CC3)nc(-c3cc4cccc(-c5ccc(F)cc5)c4[nH]3)c12. The van der Waals surface area contributed by atoms with Crippen molar-refractivity contribution in [3.05, 3.63) is 66.5 Å². The van der Waals surface area contributed by atoms with Gasteiger partial charge in [-0.1, -0.05) is 30.3 Å². The molecule has 3 aromatic heterocycles. The molecule has 3 heterocycles. The van der Waals surface area contributed by atoms with E-state index in [0.717, 1.165) is 46.4 Å². The van der Waals surface area contributed by atoms with E-state index >= 15 is 0 Å². The average molecular weight is 471 g/mol. The standard InChI is InChI=1S/C26H23FN6O2/c27-18-10-8-14(9-11-18)19-3-1-2-17-12-20(31-21(17)19)22-23-24(28)29-13-30-33(23)25(32-22)15-4-6-16(7-5-15)26(34)35/h1-3,8-13,15-16,31H,4-7H2,(H,34,35)(H2,28,29,30). The van der Waals surface area contributed by atoms with Crippen molar-refractivity contribution in [3.63, 3.8) is 0 Å². The van der Waals surface area contributed by atoms with Gasteiger partial charge in [-0.05, 0) is 49.4 Å². The van der Waals surface area contributed by atoms with Crippen LogP contribution in [0.2, 0.25) is 0 Å². The monoisotopic (exact) mass is 470 g/mol. The Kier molecular flexibility index (Phi) is 4.98. The Morgan fingerprint density at radius 2 is 1.89 bits per heavy atom. The molecule has 176 valence electrons. The van der Waals surface area contributed by atoms with Crippen molar-refractivity contribution >= 4 is 28.2 Å². The number of nitrogen functional groups attached to an aromatic ring is 1.